The van der Waals surface area contributed by atoms with Crippen LogP contribution in [-0.2, 0) is 4.84 Å². The normalized spacial score (nSPS) is 17.1. The monoisotopic (exact) mass is 147 g/mol. The molecule has 0 spiro atoms. The second-order valence-corrected chi connectivity index (χ2v) is 1.75. The lowest BCUT2D eigenvalue weighted by Crippen LogP contribution is -2.32. The fourth-order valence-electron chi connectivity index (χ4n) is 0.410. The molecule has 1 aliphatic heterocycles. The Kier molecular flexibility index (Phi) is 1.92. The second-order valence-electron chi connectivity index (χ2n) is 1.35. The van der Waals surface area contributed by atoms with Crippen molar-refractivity contribution in [2.24, 2.45) is 5.10 Å². The largest absolute Gasteiger partial charge is 0.246 e. The topological polar surface area (TPSA) is 36.9 Å². The van der Waals surface area contributed by atoms with E-state index in [0.29, 0.717) is 5.16 Å². The zero-order valence-corrected chi connectivity index (χ0v) is 5.59. The molecule has 0 aromatic heterocycles. The summed E-state index contributed by atoms with van der Waals surface area (Å²) in [5.74, 6) is 0. The van der Waals surface area contributed by atoms with Gasteiger partial charge in [0, 0.05) is 0 Å². The number of hydrazone groups is 1. The van der Waals surface area contributed by atoms with Gasteiger partial charge in [0.15, 0.2) is 0 Å². The van der Waals surface area contributed by atoms with E-state index >= 15 is 0 Å². The minimum Gasteiger partial charge on any atom is -0.246 e. The molecule has 0 radical (unpaired) electrons. The van der Waals surface area contributed by atoms with Gasteiger partial charge in [-0.1, -0.05) is 16.9 Å². The molecule has 0 amide bonds. The summed E-state index contributed by atoms with van der Waals surface area (Å²) in [5, 5.41) is 5.35. The molecule has 5 heteroatoms. The molecular weight excluding hydrogens is 142 g/mol. The maximum absolute atomic E-state index is 5.53. The van der Waals surface area contributed by atoms with Gasteiger partial charge in [-0.25, -0.2) is 10.3 Å². The highest BCUT2D eigenvalue weighted by Gasteiger charge is 2.01. The Labute approximate surface area is 57.7 Å². The summed E-state index contributed by atoms with van der Waals surface area (Å²) in [4.78, 5) is 4.66. The number of nitrogens with zero attached hydrogens (tertiary/aromatic N) is 2. The van der Waals surface area contributed by atoms with Crippen molar-refractivity contribution in [1.29, 1.82) is 0 Å². The average Bonchev–Trinajstić information content (AvgIpc) is 1.88. The number of hydrogen-bond donors (Lipinski definition) is 1. The van der Waals surface area contributed by atoms with Crippen molar-refractivity contribution >= 4 is 17.8 Å². The van der Waals surface area contributed by atoms with Crippen LogP contribution in [0.1, 0.15) is 0 Å². The van der Waals surface area contributed by atoms with E-state index in [4.69, 9.17) is 11.6 Å². The number of hydrazine groups is 1. The summed E-state index contributed by atoms with van der Waals surface area (Å²) in [7, 11) is 1.49. The van der Waals surface area contributed by atoms with Crippen molar-refractivity contribution in [3.63, 3.8) is 0 Å². The quantitative estimate of drug-likeness (QED) is 0.547. The summed E-state index contributed by atoms with van der Waals surface area (Å²) in [5.41, 5.74) is 2.61. The Bertz CT molecular complexity index is 156. The third kappa shape index (κ3) is 1.58. The minimum absolute atomic E-state index is 0.479. The molecule has 1 N–H and O–H groups in total. The molecule has 4 nitrogen and oxygen atoms in total. The summed E-state index contributed by atoms with van der Waals surface area (Å²) < 4.78 is 0. The third-order valence-electron chi connectivity index (χ3n) is 0.768. The first-order valence-corrected chi connectivity index (χ1v) is 2.71. The van der Waals surface area contributed by atoms with Crippen LogP contribution < -0.4 is 5.43 Å². The van der Waals surface area contributed by atoms with Crippen molar-refractivity contribution in [1.82, 2.24) is 10.7 Å². The van der Waals surface area contributed by atoms with E-state index in [1.54, 1.807) is 6.08 Å². The third-order valence-corrected chi connectivity index (χ3v) is 0.978. The van der Waals surface area contributed by atoms with Gasteiger partial charge in [0.2, 0.25) is 0 Å². The molecule has 9 heavy (non-hydrogen) atoms. The fourth-order valence-corrected chi connectivity index (χ4v) is 0.538. The molecule has 50 valence electrons. The van der Waals surface area contributed by atoms with Gasteiger partial charge in [-0.3, -0.25) is 0 Å². The van der Waals surface area contributed by atoms with Gasteiger partial charge in [0.25, 0.3) is 0 Å². The van der Waals surface area contributed by atoms with Crippen LogP contribution in [0, 0.1) is 0 Å². The Morgan fingerprint density at radius 1 is 1.89 bits per heavy atom. The zero-order valence-electron chi connectivity index (χ0n) is 4.84. The highest BCUT2D eigenvalue weighted by Crippen LogP contribution is 2.00. The SMILES string of the molecule is CON1N=CC=C(Cl)N1. The summed E-state index contributed by atoms with van der Waals surface area (Å²) >= 11 is 5.53. The summed E-state index contributed by atoms with van der Waals surface area (Å²) in [6, 6.07) is 0. The zero-order chi connectivity index (χ0) is 6.69. The lowest BCUT2D eigenvalue weighted by molar-refractivity contribution is -0.162. The number of halogens is 1. The first-order valence-electron chi connectivity index (χ1n) is 2.33. The molecule has 0 bridgehead atoms. The molecule has 0 aliphatic carbocycles. The minimum atomic E-state index is 0.479. The second kappa shape index (κ2) is 2.70. The molecule has 0 unspecified atom stereocenters. The van der Waals surface area contributed by atoms with Gasteiger partial charge in [-0.05, 0) is 6.08 Å². The van der Waals surface area contributed by atoms with Crippen molar-refractivity contribution in [2.75, 3.05) is 7.11 Å². The predicted molar refractivity (Wildman–Crippen MR) is 34.4 cm³/mol. The van der Waals surface area contributed by atoms with E-state index in [1.165, 1.54) is 13.3 Å². The van der Waals surface area contributed by atoms with E-state index in [-0.39, 0.29) is 0 Å². The van der Waals surface area contributed by atoms with Crippen molar-refractivity contribution < 1.29 is 4.84 Å². The molecule has 0 saturated carbocycles. The van der Waals surface area contributed by atoms with Gasteiger partial charge in [-0.2, -0.15) is 0 Å². The Morgan fingerprint density at radius 3 is 3.11 bits per heavy atom. The van der Waals surface area contributed by atoms with Crippen LogP contribution >= 0.6 is 11.6 Å². The molecule has 0 aromatic rings. The number of nitrogens with one attached hydrogen (secondary N) is 1. The lowest BCUT2D eigenvalue weighted by Gasteiger charge is -2.17. The summed E-state index contributed by atoms with van der Waals surface area (Å²) in [6.45, 7) is 0. The van der Waals surface area contributed by atoms with E-state index in [2.05, 4.69) is 15.4 Å². The van der Waals surface area contributed by atoms with Gasteiger partial charge < -0.3 is 0 Å². The highest BCUT2D eigenvalue weighted by atomic mass is 35.5. The molecule has 0 aromatic carbocycles. The van der Waals surface area contributed by atoms with Crippen LogP contribution in [0.3, 0.4) is 0 Å². The van der Waals surface area contributed by atoms with Crippen LogP contribution in [0.5, 0.6) is 0 Å². The molecule has 0 atom stereocenters. The highest BCUT2D eigenvalue weighted by molar-refractivity contribution is 6.30. The van der Waals surface area contributed by atoms with Gasteiger partial charge in [0.1, 0.15) is 5.16 Å². The Morgan fingerprint density at radius 2 is 2.67 bits per heavy atom. The number of allylic oxidation sites excluding steroid dienone is 1. The van der Waals surface area contributed by atoms with E-state index in [1.807, 2.05) is 0 Å². The fraction of sp³-hybridized carbons (Fsp3) is 0.250. The van der Waals surface area contributed by atoms with E-state index < -0.39 is 0 Å². The molecule has 1 aliphatic rings. The lowest BCUT2D eigenvalue weighted by atomic mass is 10.6. The van der Waals surface area contributed by atoms with Crippen LogP contribution in [0.15, 0.2) is 16.3 Å². The summed E-state index contributed by atoms with van der Waals surface area (Å²) in [6.07, 6.45) is 3.15. The van der Waals surface area contributed by atoms with Crippen molar-refractivity contribution in [2.45, 2.75) is 0 Å². The maximum atomic E-state index is 5.53. The predicted octanol–water partition coefficient (Wildman–Crippen LogP) is 0.434. The van der Waals surface area contributed by atoms with E-state index in [9.17, 15) is 0 Å². The first kappa shape index (κ1) is 6.38. The smallest absolute Gasteiger partial charge is 0.126 e. The van der Waals surface area contributed by atoms with Crippen LogP contribution in [-0.4, -0.2) is 18.6 Å². The number of hydrogen-bond acceptors (Lipinski definition) is 4. The Hall–Kier alpha value is -0.740. The number of rotatable bonds is 1. The van der Waals surface area contributed by atoms with Crippen molar-refractivity contribution in [3.05, 3.63) is 11.2 Å². The molecular formula is C4H6ClN3O. The van der Waals surface area contributed by atoms with Crippen LogP contribution in [0.25, 0.3) is 0 Å². The van der Waals surface area contributed by atoms with Gasteiger partial charge in [-0.15, -0.1) is 5.10 Å². The first-order chi connectivity index (χ1) is 4.33. The van der Waals surface area contributed by atoms with Crippen LogP contribution in [0.4, 0.5) is 0 Å². The Balaban J connectivity index is 2.51. The maximum Gasteiger partial charge on any atom is 0.126 e. The van der Waals surface area contributed by atoms with Crippen molar-refractivity contribution in [3.8, 4) is 0 Å². The molecule has 0 fully saturated rings. The molecule has 1 heterocycles. The van der Waals surface area contributed by atoms with E-state index in [0.717, 1.165) is 5.28 Å². The average molecular weight is 148 g/mol. The molecule has 1 rings (SSSR count). The van der Waals surface area contributed by atoms with Gasteiger partial charge >= 0.3 is 0 Å². The molecule has 0 saturated heterocycles. The van der Waals surface area contributed by atoms with Gasteiger partial charge in [0.05, 0.1) is 13.3 Å². The standard InChI is InChI=1S/C4H6ClN3O/c1-9-8-6-3-2-4(5)7-8/h2-3,7H,1H3. The van der Waals surface area contributed by atoms with Crippen LogP contribution in [0.2, 0.25) is 0 Å².